The van der Waals surface area contributed by atoms with Crippen molar-refractivity contribution in [3.63, 3.8) is 0 Å². The molecule has 1 aliphatic rings. The molecule has 4 aromatic rings. The van der Waals surface area contributed by atoms with Crippen molar-refractivity contribution in [3.8, 4) is 22.8 Å². The van der Waals surface area contributed by atoms with Crippen molar-refractivity contribution in [1.29, 1.82) is 0 Å². The van der Waals surface area contributed by atoms with Crippen LogP contribution in [0.25, 0.3) is 32.9 Å². The van der Waals surface area contributed by atoms with Crippen LogP contribution in [0.4, 0.5) is 0 Å². The molecule has 1 aromatic carbocycles. The normalized spacial score (nSPS) is 13.6. The number of fused-ring (bicyclic) bond motifs is 2. The van der Waals surface area contributed by atoms with Crippen molar-refractivity contribution in [2.24, 2.45) is 13.0 Å². The summed E-state index contributed by atoms with van der Waals surface area (Å²) in [6, 6.07) is 7.76. The molecule has 0 spiro atoms. The topological polar surface area (TPSA) is 78.4 Å². The van der Waals surface area contributed by atoms with Crippen LogP contribution in [0.5, 0.6) is 11.6 Å². The highest BCUT2D eigenvalue weighted by Crippen LogP contribution is 2.43. The molecule has 3 aromatic heterocycles. The maximum Gasteiger partial charge on any atom is 0.354 e. The van der Waals surface area contributed by atoms with Crippen LogP contribution >= 0.6 is 0 Å². The molecule has 160 valence electrons. The Hall–Kier alpha value is -3.48. The SMILES string of the molecule is CCOC(=O)c1cc2c(-c3cn(C)c4c(OC)nccc34)c(OCC3CC3)ccc2[nH]1. The molecule has 7 heteroatoms. The Balaban J connectivity index is 1.74. The van der Waals surface area contributed by atoms with Crippen molar-refractivity contribution in [2.75, 3.05) is 20.3 Å². The highest BCUT2D eigenvalue weighted by atomic mass is 16.5. The van der Waals surface area contributed by atoms with E-state index in [-0.39, 0.29) is 5.97 Å². The monoisotopic (exact) mass is 419 g/mol. The van der Waals surface area contributed by atoms with Crippen molar-refractivity contribution >= 4 is 27.8 Å². The highest BCUT2D eigenvalue weighted by Gasteiger charge is 2.25. The smallest absolute Gasteiger partial charge is 0.354 e. The number of nitrogens with zero attached hydrogens (tertiary/aromatic N) is 2. The summed E-state index contributed by atoms with van der Waals surface area (Å²) in [7, 11) is 3.60. The number of methoxy groups -OCH3 is 1. The van der Waals surface area contributed by atoms with Crippen LogP contribution in [-0.2, 0) is 11.8 Å². The predicted octanol–water partition coefficient (Wildman–Crippen LogP) is 4.70. The minimum Gasteiger partial charge on any atom is -0.493 e. The number of ether oxygens (including phenoxy) is 3. The summed E-state index contributed by atoms with van der Waals surface area (Å²) in [5.41, 5.74) is 4.14. The van der Waals surface area contributed by atoms with Crippen molar-refractivity contribution in [2.45, 2.75) is 19.8 Å². The molecular weight excluding hydrogens is 394 g/mol. The van der Waals surface area contributed by atoms with E-state index < -0.39 is 0 Å². The lowest BCUT2D eigenvalue weighted by Crippen LogP contribution is -2.04. The molecule has 0 unspecified atom stereocenters. The number of nitrogens with one attached hydrogen (secondary N) is 1. The number of carbonyl (C=O) groups is 1. The predicted molar refractivity (Wildman–Crippen MR) is 119 cm³/mol. The first kappa shape index (κ1) is 19.5. The van der Waals surface area contributed by atoms with Gasteiger partial charge in [-0.15, -0.1) is 0 Å². The molecule has 7 nitrogen and oxygen atoms in total. The van der Waals surface area contributed by atoms with Gasteiger partial charge >= 0.3 is 5.97 Å². The summed E-state index contributed by atoms with van der Waals surface area (Å²) in [5, 5.41) is 1.93. The molecule has 1 fully saturated rings. The van der Waals surface area contributed by atoms with Gasteiger partial charge in [-0.3, -0.25) is 0 Å². The molecule has 1 saturated carbocycles. The molecule has 1 aliphatic carbocycles. The minimum atomic E-state index is -0.367. The third-order valence-electron chi connectivity index (χ3n) is 5.75. The first-order valence-electron chi connectivity index (χ1n) is 10.5. The van der Waals surface area contributed by atoms with Crippen molar-refractivity contribution in [3.05, 3.63) is 42.4 Å². The number of H-pyrrole nitrogens is 1. The number of aromatic amines is 1. The largest absolute Gasteiger partial charge is 0.493 e. The van der Waals surface area contributed by atoms with E-state index in [0.717, 1.165) is 38.7 Å². The van der Waals surface area contributed by atoms with E-state index in [1.54, 1.807) is 20.2 Å². The number of aromatic nitrogens is 3. The first-order valence-corrected chi connectivity index (χ1v) is 10.5. The fourth-order valence-corrected chi connectivity index (χ4v) is 4.06. The van der Waals surface area contributed by atoms with E-state index in [1.807, 2.05) is 35.9 Å². The number of carbonyl (C=O) groups excluding carboxylic acids is 1. The molecule has 0 radical (unpaired) electrons. The standard InChI is InChI=1S/C24H25N3O4/c1-4-30-24(28)19-11-16-18(26-19)7-8-20(31-13-14-5-6-14)21(16)17-12-27(2)22-15(17)9-10-25-23(22)29-3/h7-12,14,26H,4-6,13H2,1-3H3. The second kappa shape index (κ2) is 7.65. The minimum absolute atomic E-state index is 0.326. The van der Waals surface area contributed by atoms with Crippen LogP contribution in [0.2, 0.25) is 0 Å². The maximum atomic E-state index is 12.4. The van der Waals surface area contributed by atoms with E-state index in [4.69, 9.17) is 14.2 Å². The Kier molecular flexibility index (Phi) is 4.81. The van der Waals surface area contributed by atoms with Crippen molar-refractivity contribution < 1.29 is 19.0 Å². The van der Waals surface area contributed by atoms with Gasteiger partial charge in [0.2, 0.25) is 5.88 Å². The van der Waals surface area contributed by atoms with E-state index in [9.17, 15) is 4.79 Å². The van der Waals surface area contributed by atoms with Crippen LogP contribution in [0.1, 0.15) is 30.3 Å². The van der Waals surface area contributed by atoms with E-state index in [0.29, 0.717) is 30.7 Å². The highest BCUT2D eigenvalue weighted by molar-refractivity contribution is 6.09. The van der Waals surface area contributed by atoms with E-state index >= 15 is 0 Å². The third-order valence-corrected chi connectivity index (χ3v) is 5.75. The number of aryl methyl sites for hydroxylation is 1. The molecule has 0 bridgehead atoms. The average molecular weight is 419 g/mol. The molecule has 31 heavy (non-hydrogen) atoms. The van der Waals surface area contributed by atoms with Gasteiger partial charge in [0.25, 0.3) is 0 Å². The van der Waals surface area contributed by atoms with Gasteiger partial charge in [0.05, 0.1) is 20.3 Å². The van der Waals surface area contributed by atoms with Gasteiger partial charge in [0, 0.05) is 46.9 Å². The average Bonchev–Trinajstić information content (AvgIpc) is 3.41. The molecule has 0 aliphatic heterocycles. The van der Waals surface area contributed by atoms with Gasteiger partial charge < -0.3 is 23.8 Å². The van der Waals surface area contributed by atoms with Crippen LogP contribution in [-0.4, -0.2) is 40.8 Å². The maximum absolute atomic E-state index is 12.4. The molecule has 0 amide bonds. The van der Waals surface area contributed by atoms with Gasteiger partial charge in [-0.25, -0.2) is 9.78 Å². The Bertz CT molecular complexity index is 1280. The Labute approximate surface area is 179 Å². The molecule has 1 N–H and O–H groups in total. The van der Waals surface area contributed by atoms with Gasteiger partial charge in [0.15, 0.2) is 0 Å². The fourth-order valence-electron chi connectivity index (χ4n) is 4.06. The van der Waals surface area contributed by atoms with Crippen LogP contribution in [0.3, 0.4) is 0 Å². The van der Waals surface area contributed by atoms with Gasteiger partial charge in [-0.1, -0.05) is 0 Å². The number of hydrogen-bond acceptors (Lipinski definition) is 5. The number of hydrogen-bond donors (Lipinski definition) is 1. The summed E-state index contributed by atoms with van der Waals surface area (Å²) >= 11 is 0. The molecule has 3 heterocycles. The van der Waals surface area contributed by atoms with Crippen LogP contribution in [0.15, 0.2) is 36.7 Å². The number of rotatable bonds is 7. The van der Waals surface area contributed by atoms with Gasteiger partial charge in [0.1, 0.15) is 17.0 Å². The molecule has 0 saturated heterocycles. The van der Waals surface area contributed by atoms with E-state index in [1.165, 1.54) is 12.8 Å². The van der Waals surface area contributed by atoms with Crippen LogP contribution < -0.4 is 9.47 Å². The number of esters is 1. The zero-order chi connectivity index (χ0) is 21.5. The fraction of sp³-hybridized carbons (Fsp3) is 0.333. The van der Waals surface area contributed by atoms with Gasteiger partial charge in [-0.05, 0) is 49.9 Å². The summed E-state index contributed by atoms with van der Waals surface area (Å²) in [6.45, 7) is 2.82. The lowest BCUT2D eigenvalue weighted by atomic mass is 10.00. The molecular formula is C24H25N3O4. The zero-order valence-electron chi connectivity index (χ0n) is 17.9. The lowest BCUT2D eigenvalue weighted by Gasteiger charge is -2.12. The van der Waals surface area contributed by atoms with Gasteiger partial charge in [-0.2, -0.15) is 0 Å². The first-order chi connectivity index (χ1) is 15.1. The van der Waals surface area contributed by atoms with Crippen LogP contribution in [0, 0.1) is 5.92 Å². The Morgan fingerprint density at radius 3 is 2.84 bits per heavy atom. The zero-order valence-corrected chi connectivity index (χ0v) is 17.9. The third kappa shape index (κ3) is 3.40. The Morgan fingerprint density at radius 1 is 1.26 bits per heavy atom. The lowest BCUT2D eigenvalue weighted by molar-refractivity contribution is 0.0520. The summed E-state index contributed by atoms with van der Waals surface area (Å²) < 4.78 is 19.0. The molecule has 5 rings (SSSR count). The Morgan fingerprint density at radius 2 is 2.10 bits per heavy atom. The van der Waals surface area contributed by atoms with Crippen molar-refractivity contribution in [1.82, 2.24) is 14.5 Å². The summed E-state index contributed by atoms with van der Waals surface area (Å²) in [6.07, 6.45) is 6.24. The number of benzene rings is 1. The molecule has 0 atom stereocenters. The second-order valence-electron chi connectivity index (χ2n) is 7.93. The summed E-state index contributed by atoms with van der Waals surface area (Å²) in [5.74, 6) is 1.63. The second-order valence-corrected chi connectivity index (χ2v) is 7.93. The van der Waals surface area contributed by atoms with E-state index in [2.05, 4.69) is 16.2 Å². The summed E-state index contributed by atoms with van der Waals surface area (Å²) in [4.78, 5) is 19.9. The quantitative estimate of drug-likeness (QED) is 0.440. The number of pyridine rings is 1.